The van der Waals surface area contributed by atoms with E-state index in [1.807, 2.05) is 371 Å². The topological polar surface area (TPSA) is 199 Å². The number of furan rings is 1. The summed E-state index contributed by atoms with van der Waals surface area (Å²) in [5.74, 6) is 1.71. The van der Waals surface area contributed by atoms with E-state index in [4.69, 9.17) is 23.0 Å². The van der Waals surface area contributed by atoms with E-state index in [1.54, 1.807) is 41.6 Å². The van der Waals surface area contributed by atoms with Gasteiger partial charge in [-0.05, 0) is 169 Å². The minimum Gasteiger partial charge on any atom is -0.486 e. The molecule has 2 saturated heterocycles. The number of para-hydroxylation sites is 13. The highest BCUT2D eigenvalue weighted by Crippen LogP contribution is 2.37. The standard InChI is InChI=1S/C9H7N.C8H6N2.C8H10N2.C8H15NO.C8H7N.C8H8O2.C8H6O.C8H6S.C7H6N2.C7H5NO.C7H5NS.11C2H6.2CH4/c1-2-6-9-8(4-1)5-3-7-10-9;1-2-4-8-7(3-1)5-9-6-10-8;1-2-4-8-7(3-1)9-5-6-10-8;1-4-9-5-2-8(1)3-6-10-7-8;1-2-4-8-7(3-1)5-6-9-8;1-2-4-8-7(3-1)9-5-6-10-8;2*1-2-4-8-7(3-1)5-6-9-8;3*1-2-4-7-6(3-1)8-5-9-7;11*1-2;;/h1-7H;1-6H;1-4,9-10H,5-6H2;9H,1-7H2;1-6,9H;1-4H,5-6H2;2*1-6H;1-5H,(H,8,9);2*1-5H;11*1-2H3;2*1H4. The van der Waals surface area contributed by atoms with Crippen LogP contribution in [0.1, 0.15) is 186 Å². The van der Waals surface area contributed by atoms with Crippen LogP contribution in [0.3, 0.4) is 0 Å². The molecule has 16 nitrogen and oxygen atoms in total. The minimum absolute atomic E-state index is 0. The summed E-state index contributed by atoms with van der Waals surface area (Å²) in [5.41, 5.74) is 14.1. The van der Waals surface area contributed by atoms with Gasteiger partial charge in [0.25, 0.3) is 0 Å². The van der Waals surface area contributed by atoms with Gasteiger partial charge < -0.3 is 49.0 Å². The fourth-order valence-electron chi connectivity index (χ4n) is 11.4. The lowest BCUT2D eigenvalue weighted by atomic mass is 9.79. The largest absolute Gasteiger partial charge is 0.486 e. The Labute approximate surface area is 777 Å². The van der Waals surface area contributed by atoms with Crippen LogP contribution < -0.4 is 25.4 Å². The third-order valence-corrected chi connectivity index (χ3v) is 18.6. The first kappa shape index (κ1) is 118. The summed E-state index contributed by atoms with van der Waals surface area (Å²) in [6.07, 6.45) is 15.9. The number of ether oxygens (including phenoxy) is 3. The lowest BCUT2D eigenvalue weighted by Crippen LogP contribution is -2.36. The zero-order chi connectivity index (χ0) is 92.7. The molecule has 8 aromatic heterocycles. The molecule has 5 N–H and O–H groups in total. The van der Waals surface area contributed by atoms with Gasteiger partial charge in [0, 0.05) is 64.7 Å². The number of anilines is 2. The Morgan fingerprint density at radius 1 is 0.336 bits per heavy atom. The Kier molecular flexibility index (Phi) is 73.3. The molecule has 18 aromatic rings. The fourth-order valence-corrected chi connectivity index (χ4v) is 12.9. The predicted octanol–water partition coefficient (Wildman–Crippen LogP) is 33.4. The van der Waals surface area contributed by atoms with Crippen LogP contribution in [0, 0.1) is 5.41 Å². The molecule has 692 valence electrons. The van der Waals surface area contributed by atoms with E-state index in [9.17, 15) is 0 Å². The highest BCUT2D eigenvalue weighted by molar-refractivity contribution is 7.17. The molecule has 2 fully saturated rings. The first-order valence-electron chi connectivity index (χ1n) is 45.5. The lowest BCUT2D eigenvalue weighted by Gasteiger charge is -2.31. The number of thiophene rings is 1. The van der Waals surface area contributed by atoms with Crippen molar-refractivity contribution in [1.29, 1.82) is 0 Å². The van der Waals surface area contributed by atoms with E-state index in [0.29, 0.717) is 18.6 Å². The number of nitrogens with one attached hydrogen (secondary N) is 5. The van der Waals surface area contributed by atoms with Gasteiger partial charge in [0.15, 0.2) is 23.5 Å². The number of hydrogen-bond acceptors (Lipinski definition) is 16. The Morgan fingerprint density at radius 2 is 0.820 bits per heavy atom. The molecule has 0 radical (unpaired) electrons. The second-order valence-corrected chi connectivity index (χ2v) is 25.7. The zero-order valence-corrected chi connectivity index (χ0v) is 81.1. The van der Waals surface area contributed by atoms with Crippen molar-refractivity contribution in [3.8, 4) is 11.5 Å². The van der Waals surface area contributed by atoms with Crippen LogP contribution in [0.15, 0.2) is 337 Å². The van der Waals surface area contributed by atoms with Crippen molar-refractivity contribution < 1.29 is 23.0 Å². The number of H-pyrrole nitrogens is 2. The molecule has 0 unspecified atom stereocenters. The summed E-state index contributed by atoms with van der Waals surface area (Å²) in [5, 5.41) is 18.2. The molecule has 18 heteroatoms. The Morgan fingerprint density at radius 3 is 1.37 bits per heavy atom. The van der Waals surface area contributed by atoms with E-state index in [1.165, 1.54) is 81.2 Å². The van der Waals surface area contributed by atoms with Gasteiger partial charge >= 0.3 is 0 Å². The highest BCUT2D eigenvalue weighted by Gasteiger charge is 2.35. The second-order valence-electron chi connectivity index (χ2n) is 23.9. The molecule has 10 aromatic carbocycles. The first-order valence-corrected chi connectivity index (χ1v) is 47.3. The molecule has 0 saturated carbocycles. The van der Waals surface area contributed by atoms with Crippen LogP contribution in [0.5, 0.6) is 11.5 Å². The van der Waals surface area contributed by atoms with Crippen molar-refractivity contribution in [3.05, 3.63) is 328 Å². The maximum absolute atomic E-state index is 5.41. The van der Waals surface area contributed by atoms with Crippen LogP contribution >= 0.6 is 22.7 Å². The Hall–Kier alpha value is -12.1. The molecule has 128 heavy (non-hydrogen) atoms. The molecular formula is C110H155N11O5S2. The molecule has 1 spiro atoms. The third-order valence-electron chi connectivity index (χ3n) is 16.9. The average molecular weight is 1780 g/mol. The quantitative estimate of drug-likeness (QED) is 0.0961. The summed E-state index contributed by atoms with van der Waals surface area (Å²) < 4.78 is 28.8. The summed E-state index contributed by atoms with van der Waals surface area (Å²) in [6, 6.07) is 90.4. The third kappa shape index (κ3) is 44.4. The summed E-state index contributed by atoms with van der Waals surface area (Å²) in [7, 11) is 0. The first-order chi connectivity index (χ1) is 62.6. The van der Waals surface area contributed by atoms with E-state index in [2.05, 4.69) is 140 Å². The van der Waals surface area contributed by atoms with Crippen molar-refractivity contribution in [2.24, 2.45) is 5.41 Å². The summed E-state index contributed by atoms with van der Waals surface area (Å²) in [6.45, 7) is 51.8. The molecule has 4 aliphatic rings. The van der Waals surface area contributed by atoms with Gasteiger partial charge in [-0.3, -0.25) is 4.98 Å². The second kappa shape index (κ2) is 79.6. The average Bonchev–Trinajstić information content (AvgIpc) is 1.47. The van der Waals surface area contributed by atoms with Crippen molar-refractivity contribution in [2.45, 2.75) is 186 Å². The number of aromatic nitrogens is 8. The predicted molar refractivity (Wildman–Crippen MR) is 566 cm³/mol. The SMILES string of the molecule is C.C.C1CC2(CCN1)CCOC2.CC.CC.CC.CC.CC.CC.CC.CC.CC.CC.CC.c1ccc2[nH]ccc2c1.c1ccc2[nH]cnc2c1.c1ccc2c(c1)NCCN2.c1ccc2c(c1)OCCO2.c1ccc2ncccc2c1.c1ccc2ncncc2c1.c1ccc2occc2c1.c1ccc2ocnc2c1.c1ccc2sccc2c1.c1ccc2scnc2c1. The van der Waals surface area contributed by atoms with Crippen LogP contribution in [0.4, 0.5) is 11.4 Å². The molecule has 22 rings (SSSR count). The van der Waals surface area contributed by atoms with Gasteiger partial charge in [-0.2, -0.15) is 0 Å². The zero-order valence-electron chi connectivity index (χ0n) is 79.5. The molecule has 0 amide bonds. The number of fused-ring (bicyclic) bond motifs is 10. The van der Waals surface area contributed by atoms with Crippen molar-refractivity contribution in [3.63, 3.8) is 0 Å². The highest BCUT2D eigenvalue weighted by atomic mass is 32.1. The smallest absolute Gasteiger partial charge is 0.181 e. The maximum atomic E-state index is 5.41. The van der Waals surface area contributed by atoms with Crippen LogP contribution in [-0.2, 0) is 4.74 Å². The van der Waals surface area contributed by atoms with Crippen LogP contribution in [-0.4, -0.2) is 92.5 Å². The molecule has 4 aliphatic heterocycles. The normalized spacial score (nSPS) is 11.1. The van der Waals surface area contributed by atoms with Crippen molar-refractivity contribution >= 4 is 120 Å². The monoisotopic (exact) mass is 1770 g/mol. The van der Waals surface area contributed by atoms with Gasteiger partial charge in [0.05, 0.1) is 68.4 Å². The maximum Gasteiger partial charge on any atom is 0.181 e. The van der Waals surface area contributed by atoms with E-state index < -0.39 is 0 Å². The van der Waals surface area contributed by atoms with Gasteiger partial charge in [-0.25, -0.2) is 24.9 Å². The van der Waals surface area contributed by atoms with Crippen molar-refractivity contribution in [2.75, 3.05) is 63.2 Å². The number of thiazole rings is 1. The number of oxazole rings is 1. The summed E-state index contributed by atoms with van der Waals surface area (Å²) >= 11 is 3.46. The van der Waals surface area contributed by atoms with E-state index in [-0.39, 0.29) is 14.9 Å². The number of benzene rings is 10. The van der Waals surface area contributed by atoms with Gasteiger partial charge in [-0.15, -0.1) is 22.7 Å². The number of piperidine rings is 1. The molecule has 0 aliphatic carbocycles. The van der Waals surface area contributed by atoms with E-state index >= 15 is 0 Å². The number of pyridine rings is 1. The van der Waals surface area contributed by atoms with Gasteiger partial charge in [0.1, 0.15) is 30.6 Å². The number of aromatic amines is 2. The van der Waals surface area contributed by atoms with Crippen molar-refractivity contribution in [1.82, 2.24) is 45.2 Å². The Bertz CT molecular complexity index is 4450. The number of rotatable bonds is 0. The Balaban J connectivity index is 0. The van der Waals surface area contributed by atoms with Gasteiger partial charge in [-0.1, -0.05) is 325 Å². The molecule has 0 atom stereocenters. The lowest BCUT2D eigenvalue weighted by molar-refractivity contribution is 0.128. The molecule has 0 bridgehead atoms. The van der Waals surface area contributed by atoms with Crippen LogP contribution in [0.25, 0.3) is 86.1 Å². The molecule has 12 heterocycles. The number of imidazole rings is 1. The van der Waals surface area contributed by atoms with Crippen LogP contribution in [0.2, 0.25) is 0 Å². The van der Waals surface area contributed by atoms with Gasteiger partial charge in [0.2, 0.25) is 0 Å². The number of hydrogen-bond donors (Lipinski definition) is 5. The minimum atomic E-state index is 0. The fraction of sp³-hybridized carbons (Fsp3) is 0.327. The molecular weight excluding hydrogens is 1620 g/mol. The van der Waals surface area contributed by atoms with E-state index in [0.717, 1.165) is 92.8 Å². The summed E-state index contributed by atoms with van der Waals surface area (Å²) in [4.78, 5) is 30.4. The number of nitrogens with zero attached hydrogens (tertiary/aromatic N) is 6.